The summed E-state index contributed by atoms with van der Waals surface area (Å²) in [6.45, 7) is 5.60. The van der Waals surface area contributed by atoms with Gasteiger partial charge in [0, 0.05) is 16.9 Å². The first-order chi connectivity index (χ1) is 15.7. The quantitative estimate of drug-likeness (QED) is 0.274. The van der Waals surface area contributed by atoms with Gasteiger partial charge in [0.2, 0.25) is 0 Å². The van der Waals surface area contributed by atoms with Crippen LogP contribution in [0.2, 0.25) is 5.02 Å². The van der Waals surface area contributed by atoms with Crippen molar-refractivity contribution in [2.45, 2.75) is 89.8 Å². The lowest BCUT2D eigenvalue weighted by atomic mass is 9.68. The second kappa shape index (κ2) is 12.6. The second-order valence-electron chi connectivity index (χ2n) is 10.7. The van der Waals surface area contributed by atoms with E-state index in [1.807, 2.05) is 18.2 Å². The molecule has 0 spiro atoms. The summed E-state index contributed by atoms with van der Waals surface area (Å²) in [5, 5.41) is 0.842. The van der Waals surface area contributed by atoms with E-state index in [2.05, 4.69) is 18.7 Å². The van der Waals surface area contributed by atoms with Crippen molar-refractivity contribution in [3.8, 4) is 0 Å². The van der Waals surface area contributed by atoms with E-state index < -0.39 is 0 Å². The fraction of sp³-hybridized carbons (Fsp3) is 0.724. The molecule has 2 aliphatic carbocycles. The number of unbranched alkanes of at least 4 members (excludes halogenated alkanes) is 1. The minimum absolute atomic E-state index is 0.0650. The fourth-order valence-corrected chi connectivity index (χ4v) is 6.53. The molecule has 178 valence electrons. The first-order valence-corrected chi connectivity index (χ1v) is 13.7. The third-order valence-electron chi connectivity index (χ3n) is 8.53. The van der Waals surface area contributed by atoms with Gasteiger partial charge in [0.1, 0.15) is 0 Å². The minimum atomic E-state index is 0.0650. The third-order valence-corrected chi connectivity index (χ3v) is 8.78. The topological polar surface area (TPSA) is 18.5 Å². The zero-order valence-electron chi connectivity index (χ0n) is 19.9. The second-order valence-corrected chi connectivity index (χ2v) is 11.2. The molecule has 2 nitrogen and oxygen atoms in total. The van der Waals surface area contributed by atoms with Crippen LogP contribution in [0, 0.1) is 29.6 Å². The van der Waals surface area contributed by atoms with E-state index in [0.29, 0.717) is 11.8 Å². The van der Waals surface area contributed by atoms with Crippen molar-refractivity contribution in [1.29, 1.82) is 0 Å². The van der Waals surface area contributed by atoms with E-state index >= 15 is 0 Å². The van der Waals surface area contributed by atoms with E-state index in [9.17, 15) is 0 Å². The lowest BCUT2D eigenvalue weighted by molar-refractivity contribution is -0.230. The lowest BCUT2D eigenvalue weighted by Crippen LogP contribution is -2.39. The predicted octanol–water partition coefficient (Wildman–Crippen LogP) is 8.23. The van der Waals surface area contributed by atoms with E-state index in [4.69, 9.17) is 21.1 Å². The van der Waals surface area contributed by atoms with Crippen molar-refractivity contribution in [2.75, 3.05) is 13.2 Å². The molecular formula is C29H43ClO2. The van der Waals surface area contributed by atoms with E-state index in [1.165, 1.54) is 82.6 Å². The van der Waals surface area contributed by atoms with Crippen LogP contribution < -0.4 is 0 Å². The zero-order chi connectivity index (χ0) is 22.2. The van der Waals surface area contributed by atoms with Crippen LogP contribution in [-0.2, 0) is 15.9 Å². The van der Waals surface area contributed by atoms with Gasteiger partial charge >= 0.3 is 0 Å². The summed E-state index contributed by atoms with van der Waals surface area (Å²) in [6.07, 6.45) is 19.3. The molecule has 1 aliphatic heterocycles. The average Bonchev–Trinajstić information content (AvgIpc) is 2.85. The first kappa shape index (κ1) is 24.3. The zero-order valence-corrected chi connectivity index (χ0v) is 20.6. The van der Waals surface area contributed by atoms with E-state index in [0.717, 1.165) is 42.4 Å². The maximum absolute atomic E-state index is 6.17. The standard InChI is InChI=1S/C29H43ClO2/c1-2-3-4-5-24-20-31-29(32-21-24)27-16-14-26(15-17-27)25-12-8-22(9-13-25)6-7-23-10-18-28(30)19-11-23/h2,10-11,18-19,22,24-27,29H,1,3-9,12-17,20-21H2/t22-,24-,25-,26-,27-,29-. The molecular weight excluding hydrogens is 416 g/mol. The highest BCUT2D eigenvalue weighted by Crippen LogP contribution is 2.43. The van der Waals surface area contributed by atoms with Crippen LogP contribution in [0.15, 0.2) is 36.9 Å². The molecule has 1 saturated heterocycles. The number of ether oxygens (including phenoxy) is 2. The van der Waals surface area contributed by atoms with Gasteiger partial charge in [-0.2, -0.15) is 0 Å². The SMILES string of the molecule is C=CCCC[C@H]1CO[C@H]([C@H]2CC[C@H]([C@H]3CC[C@H](CCc4ccc(Cl)cc4)CC3)CC2)OC1. The van der Waals surface area contributed by atoms with Crippen molar-refractivity contribution < 1.29 is 9.47 Å². The Morgan fingerprint density at radius 3 is 2.00 bits per heavy atom. The summed E-state index contributed by atoms with van der Waals surface area (Å²) in [7, 11) is 0. The van der Waals surface area contributed by atoms with Gasteiger partial charge in [-0.15, -0.1) is 6.58 Å². The van der Waals surface area contributed by atoms with Crippen LogP contribution in [0.3, 0.4) is 0 Å². The molecule has 1 aromatic rings. The van der Waals surface area contributed by atoms with Gasteiger partial charge < -0.3 is 9.47 Å². The summed E-state index contributed by atoms with van der Waals surface area (Å²) in [4.78, 5) is 0. The van der Waals surface area contributed by atoms with Crippen LogP contribution in [0.25, 0.3) is 0 Å². The molecule has 0 unspecified atom stereocenters. The van der Waals surface area contributed by atoms with Gasteiger partial charge in [0.15, 0.2) is 6.29 Å². The van der Waals surface area contributed by atoms with Gasteiger partial charge in [0.05, 0.1) is 13.2 Å². The highest BCUT2D eigenvalue weighted by Gasteiger charge is 2.35. The first-order valence-electron chi connectivity index (χ1n) is 13.3. The lowest BCUT2D eigenvalue weighted by Gasteiger charge is -2.41. The maximum Gasteiger partial charge on any atom is 0.160 e. The normalized spacial score (nSPS) is 33.7. The number of benzene rings is 1. The van der Waals surface area contributed by atoms with Crippen molar-refractivity contribution in [1.82, 2.24) is 0 Å². The van der Waals surface area contributed by atoms with Crippen molar-refractivity contribution in [3.05, 3.63) is 47.5 Å². The van der Waals surface area contributed by atoms with Crippen LogP contribution in [-0.4, -0.2) is 19.5 Å². The molecule has 0 aromatic heterocycles. The van der Waals surface area contributed by atoms with E-state index in [1.54, 1.807) is 0 Å². The van der Waals surface area contributed by atoms with Gasteiger partial charge in [-0.05, 0) is 106 Å². The number of hydrogen-bond donors (Lipinski definition) is 0. The number of aryl methyl sites for hydroxylation is 1. The van der Waals surface area contributed by atoms with E-state index in [-0.39, 0.29) is 6.29 Å². The Kier molecular flexibility index (Phi) is 9.55. The maximum atomic E-state index is 6.17. The summed E-state index contributed by atoms with van der Waals surface area (Å²) >= 11 is 6.01. The molecule has 3 heteroatoms. The molecule has 4 rings (SSSR count). The number of allylic oxidation sites excluding steroid dienone is 1. The molecule has 0 atom stereocenters. The van der Waals surface area contributed by atoms with Gasteiger partial charge in [0.25, 0.3) is 0 Å². The van der Waals surface area contributed by atoms with Crippen LogP contribution >= 0.6 is 11.6 Å². The van der Waals surface area contributed by atoms with Crippen molar-refractivity contribution >= 4 is 11.6 Å². The summed E-state index contributed by atoms with van der Waals surface area (Å²) in [5.74, 6) is 4.03. The number of rotatable bonds is 9. The predicted molar refractivity (Wildman–Crippen MR) is 134 cm³/mol. The van der Waals surface area contributed by atoms with Crippen molar-refractivity contribution in [3.63, 3.8) is 0 Å². The largest absolute Gasteiger partial charge is 0.352 e. The molecule has 1 aromatic carbocycles. The molecule has 0 N–H and O–H groups in total. The summed E-state index contributed by atoms with van der Waals surface area (Å²) in [6, 6.07) is 8.43. The molecule has 0 amide bonds. The number of halogens is 1. The Hall–Kier alpha value is -0.830. The van der Waals surface area contributed by atoms with Gasteiger partial charge in [-0.1, -0.05) is 42.7 Å². The summed E-state index contributed by atoms with van der Waals surface area (Å²) < 4.78 is 12.3. The molecule has 2 saturated carbocycles. The van der Waals surface area contributed by atoms with Crippen LogP contribution in [0.1, 0.15) is 82.6 Å². The Morgan fingerprint density at radius 2 is 1.38 bits per heavy atom. The highest BCUT2D eigenvalue weighted by molar-refractivity contribution is 6.30. The Morgan fingerprint density at radius 1 is 0.781 bits per heavy atom. The average molecular weight is 459 g/mol. The Labute approximate surface area is 201 Å². The molecule has 0 radical (unpaired) electrons. The molecule has 32 heavy (non-hydrogen) atoms. The van der Waals surface area contributed by atoms with Crippen molar-refractivity contribution in [2.24, 2.45) is 29.6 Å². The molecule has 3 aliphatic rings. The Bertz CT molecular complexity index is 663. The summed E-state index contributed by atoms with van der Waals surface area (Å²) in [5.41, 5.74) is 1.44. The number of hydrogen-bond acceptors (Lipinski definition) is 2. The monoisotopic (exact) mass is 458 g/mol. The smallest absolute Gasteiger partial charge is 0.160 e. The molecule has 1 heterocycles. The van der Waals surface area contributed by atoms with Crippen LogP contribution in [0.4, 0.5) is 0 Å². The fourth-order valence-electron chi connectivity index (χ4n) is 6.41. The third kappa shape index (κ3) is 7.08. The van der Waals surface area contributed by atoms with Gasteiger partial charge in [-0.25, -0.2) is 0 Å². The van der Waals surface area contributed by atoms with Gasteiger partial charge in [-0.3, -0.25) is 0 Å². The molecule has 0 bridgehead atoms. The molecule has 3 fully saturated rings. The minimum Gasteiger partial charge on any atom is -0.352 e. The van der Waals surface area contributed by atoms with Crippen LogP contribution in [0.5, 0.6) is 0 Å². The highest BCUT2D eigenvalue weighted by atomic mass is 35.5. The Balaban J connectivity index is 1.11.